The van der Waals surface area contributed by atoms with E-state index in [2.05, 4.69) is 71.1 Å². The van der Waals surface area contributed by atoms with Crippen molar-refractivity contribution in [1.82, 2.24) is 0 Å². The van der Waals surface area contributed by atoms with Crippen LogP contribution in [-0.4, -0.2) is 67.4 Å². The highest BCUT2D eigenvalue weighted by atomic mass is 79.9. The van der Waals surface area contributed by atoms with E-state index in [1.807, 2.05) is 0 Å². The average Bonchev–Trinajstić information content (AvgIpc) is 2.87. The zero-order valence-corrected chi connectivity index (χ0v) is 30.2. The minimum Gasteiger partial charge on any atom is -0.504 e. The van der Waals surface area contributed by atoms with E-state index < -0.39 is 16.1 Å². The Morgan fingerprint density at radius 3 is 1.73 bits per heavy atom. The van der Waals surface area contributed by atoms with Crippen LogP contribution in [0.25, 0.3) is 0 Å². The fraction of sp³-hybridized carbons (Fsp3) is 0.571. The Hall–Kier alpha value is -1.13. The molecule has 0 aliphatic heterocycles. The number of halogens is 2. The lowest BCUT2D eigenvalue weighted by Gasteiger charge is -2.16. The van der Waals surface area contributed by atoms with Crippen LogP contribution in [0.1, 0.15) is 11.1 Å². The van der Waals surface area contributed by atoms with Gasteiger partial charge in [-0.2, -0.15) is 0 Å². The molecule has 0 amide bonds. The molecule has 0 aromatic heterocycles. The van der Waals surface area contributed by atoms with E-state index >= 15 is 0 Å². The number of methoxy groups -OCH3 is 2. The number of hydrogen-bond acceptors (Lipinski definition) is 8. The summed E-state index contributed by atoms with van der Waals surface area (Å²) in [4.78, 5) is 0. The first kappa shape index (κ1) is 36.9. The van der Waals surface area contributed by atoms with Gasteiger partial charge in [-0.25, -0.2) is 0 Å². The maximum Gasteiger partial charge on any atom is 0.189 e. The molecule has 0 aliphatic rings. The van der Waals surface area contributed by atoms with Gasteiger partial charge >= 0.3 is 0 Å². The molecule has 0 radical (unpaired) electrons. The maximum absolute atomic E-state index is 9.72. The van der Waals surface area contributed by atoms with Gasteiger partial charge < -0.3 is 38.6 Å². The Morgan fingerprint density at radius 1 is 0.675 bits per heavy atom. The van der Waals surface area contributed by atoms with E-state index in [4.69, 9.17) is 28.4 Å². The average molecular weight is 727 g/mol. The normalized spacial score (nSPS) is 11.6. The van der Waals surface area contributed by atoms with E-state index in [1.165, 1.54) is 7.11 Å². The molecule has 228 valence electrons. The topological polar surface area (TPSA) is 95.8 Å². The molecule has 0 aliphatic carbocycles. The standard InChI is InChI=1S/2C14H23BrO4Si/c1-17-13-8-12(15)11(9-16)7-14(13)19-10-18-5-6-20(2,3)4;1-17-14-8-12(15)11(7-13(14)16)9-19-10-18-5-6-20(2,3)4/h2*7-8,16H,5-6,9-10H2,1-4H3. The lowest BCUT2D eigenvalue weighted by atomic mass is 10.2. The number of aromatic hydroxyl groups is 1. The molecule has 0 atom stereocenters. The predicted molar refractivity (Wildman–Crippen MR) is 172 cm³/mol. The van der Waals surface area contributed by atoms with E-state index in [1.54, 1.807) is 31.4 Å². The number of benzene rings is 2. The number of ether oxygens (including phenoxy) is 6. The summed E-state index contributed by atoms with van der Waals surface area (Å²) in [6, 6.07) is 9.12. The van der Waals surface area contributed by atoms with Crippen molar-refractivity contribution in [2.75, 3.05) is 41.0 Å². The number of rotatable bonds is 16. The Bertz CT molecular complexity index is 1030. The molecule has 12 heteroatoms. The highest BCUT2D eigenvalue weighted by Crippen LogP contribution is 2.34. The predicted octanol–water partition coefficient (Wildman–Crippen LogP) is 7.63. The summed E-state index contributed by atoms with van der Waals surface area (Å²) in [7, 11) is 0.986. The van der Waals surface area contributed by atoms with Crippen LogP contribution >= 0.6 is 31.9 Å². The smallest absolute Gasteiger partial charge is 0.189 e. The maximum atomic E-state index is 9.72. The summed E-state index contributed by atoms with van der Waals surface area (Å²) in [5.74, 6) is 1.73. The van der Waals surface area contributed by atoms with E-state index in [0.717, 1.165) is 38.8 Å². The molecule has 2 aromatic rings. The van der Waals surface area contributed by atoms with Gasteiger partial charge in [0.2, 0.25) is 0 Å². The van der Waals surface area contributed by atoms with Gasteiger partial charge in [-0.15, -0.1) is 0 Å². The minimum atomic E-state index is -1.07. The van der Waals surface area contributed by atoms with Gasteiger partial charge in [-0.05, 0) is 47.5 Å². The fourth-order valence-corrected chi connectivity index (χ4v) is 5.42. The summed E-state index contributed by atoms with van der Waals surface area (Å²) in [5, 5.41) is 19.0. The van der Waals surface area contributed by atoms with Crippen molar-refractivity contribution in [1.29, 1.82) is 0 Å². The van der Waals surface area contributed by atoms with Crippen LogP contribution in [0, 0.1) is 0 Å². The molecule has 2 aromatic carbocycles. The fourth-order valence-electron chi connectivity index (χ4n) is 3.02. The Labute approximate surface area is 258 Å². The first-order chi connectivity index (χ1) is 18.7. The third-order valence-electron chi connectivity index (χ3n) is 5.57. The number of aliphatic hydroxyl groups excluding tert-OH is 1. The zero-order valence-electron chi connectivity index (χ0n) is 25.1. The van der Waals surface area contributed by atoms with Crippen LogP contribution in [-0.2, 0) is 27.4 Å². The zero-order chi connectivity index (χ0) is 30.3. The number of phenols is 1. The molecule has 8 nitrogen and oxygen atoms in total. The molecular formula is C28H46Br2O8Si2. The van der Waals surface area contributed by atoms with E-state index in [0.29, 0.717) is 30.5 Å². The van der Waals surface area contributed by atoms with Crippen molar-refractivity contribution in [2.24, 2.45) is 0 Å². The molecule has 0 unspecified atom stereocenters. The molecule has 0 heterocycles. The SMILES string of the molecule is COc1cc(Br)c(CO)cc1OCOCC[Si](C)(C)C.COc1cc(Br)c(COCOCC[Si](C)(C)C)cc1O. The van der Waals surface area contributed by atoms with Crippen LogP contribution < -0.4 is 14.2 Å². The third-order valence-corrected chi connectivity index (χ3v) is 10.5. The second-order valence-electron chi connectivity index (χ2n) is 11.5. The number of phenolic OH excluding ortho intramolecular Hbond substituents is 1. The van der Waals surface area contributed by atoms with Crippen molar-refractivity contribution in [3.05, 3.63) is 44.3 Å². The van der Waals surface area contributed by atoms with Crippen molar-refractivity contribution < 1.29 is 38.6 Å². The van der Waals surface area contributed by atoms with Gasteiger partial charge in [0.15, 0.2) is 29.8 Å². The molecule has 0 spiro atoms. The van der Waals surface area contributed by atoms with Gasteiger partial charge in [-0.1, -0.05) is 71.1 Å². The summed E-state index contributed by atoms with van der Waals surface area (Å²) in [5.41, 5.74) is 1.61. The summed E-state index contributed by atoms with van der Waals surface area (Å²) in [6.45, 7) is 16.1. The minimum absolute atomic E-state index is 0.0581. The van der Waals surface area contributed by atoms with Crippen molar-refractivity contribution in [3.8, 4) is 23.0 Å². The first-order valence-electron chi connectivity index (χ1n) is 13.1. The molecule has 2 N–H and O–H groups in total. The van der Waals surface area contributed by atoms with Crippen molar-refractivity contribution in [3.63, 3.8) is 0 Å². The van der Waals surface area contributed by atoms with Gasteiger partial charge in [0, 0.05) is 38.3 Å². The second-order valence-corrected chi connectivity index (χ2v) is 24.5. The second kappa shape index (κ2) is 18.4. The Balaban J connectivity index is 0.000000400. The van der Waals surface area contributed by atoms with Crippen molar-refractivity contribution >= 4 is 48.0 Å². The molecule has 2 rings (SSSR count). The largest absolute Gasteiger partial charge is 0.504 e. The molecule has 0 saturated carbocycles. The molecular weight excluding hydrogens is 680 g/mol. The van der Waals surface area contributed by atoms with Gasteiger partial charge in [0.25, 0.3) is 0 Å². The Kier molecular flexibility index (Phi) is 17.0. The number of aliphatic hydroxyl groups is 1. The highest BCUT2D eigenvalue weighted by molar-refractivity contribution is 9.10. The van der Waals surface area contributed by atoms with Crippen LogP contribution in [0.2, 0.25) is 51.4 Å². The lowest BCUT2D eigenvalue weighted by Crippen LogP contribution is -2.22. The van der Waals surface area contributed by atoms with Crippen molar-refractivity contribution in [2.45, 2.75) is 64.6 Å². The Morgan fingerprint density at radius 2 is 1.20 bits per heavy atom. The van der Waals surface area contributed by atoms with E-state index in [-0.39, 0.29) is 25.9 Å². The quantitative estimate of drug-likeness (QED) is 0.104. The molecule has 0 bridgehead atoms. The molecule has 0 fully saturated rings. The van der Waals surface area contributed by atoms with Crippen LogP contribution in [0.3, 0.4) is 0 Å². The van der Waals surface area contributed by atoms with E-state index in [9.17, 15) is 10.2 Å². The summed E-state index contributed by atoms with van der Waals surface area (Å²) in [6.07, 6.45) is 0. The lowest BCUT2D eigenvalue weighted by molar-refractivity contribution is -0.0575. The van der Waals surface area contributed by atoms with Gasteiger partial charge in [-0.3, -0.25) is 0 Å². The molecule has 0 saturated heterocycles. The van der Waals surface area contributed by atoms with Gasteiger partial charge in [0.05, 0.1) is 27.4 Å². The van der Waals surface area contributed by atoms with Crippen LogP contribution in [0.15, 0.2) is 33.2 Å². The summed E-state index contributed by atoms with van der Waals surface area (Å²) < 4.78 is 33.9. The monoisotopic (exact) mass is 724 g/mol. The number of hydrogen-bond donors (Lipinski definition) is 2. The van der Waals surface area contributed by atoms with Gasteiger partial charge in [0.1, 0.15) is 6.79 Å². The highest BCUT2D eigenvalue weighted by Gasteiger charge is 2.14. The van der Waals surface area contributed by atoms with Crippen LogP contribution in [0.5, 0.6) is 23.0 Å². The van der Waals surface area contributed by atoms with Crippen LogP contribution in [0.4, 0.5) is 0 Å². The first-order valence-corrected chi connectivity index (χ1v) is 22.1. The third kappa shape index (κ3) is 15.2. The summed E-state index contributed by atoms with van der Waals surface area (Å²) >= 11 is 6.80. The molecule has 40 heavy (non-hydrogen) atoms.